The molecule has 1 aromatic carbocycles. The molecule has 2 amide bonds. The quantitative estimate of drug-likeness (QED) is 0.819. The molecule has 5 nitrogen and oxygen atoms in total. The average Bonchev–Trinajstić information content (AvgIpc) is 2.37. The first-order chi connectivity index (χ1) is 10.2. The number of aryl methyl sites for hydroxylation is 1. The van der Waals surface area contributed by atoms with Crippen molar-refractivity contribution < 1.29 is 18.7 Å². The van der Waals surface area contributed by atoms with Crippen LogP contribution in [0.25, 0.3) is 0 Å². The lowest BCUT2D eigenvalue weighted by Gasteiger charge is -2.19. The molecule has 0 fully saturated rings. The second-order valence-corrected chi connectivity index (χ2v) is 6.04. The summed E-state index contributed by atoms with van der Waals surface area (Å²) in [5, 5.41) is 5.19. The number of rotatable bonds is 5. The van der Waals surface area contributed by atoms with Gasteiger partial charge in [-0.3, -0.25) is 4.79 Å². The molecule has 2 N–H and O–H groups in total. The van der Waals surface area contributed by atoms with Crippen molar-refractivity contribution in [3.63, 3.8) is 0 Å². The summed E-state index contributed by atoms with van der Waals surface area (Å²) in [7, 11) is 0. The van der Waals surface area contributed by atoms with Gasteiger partial charge < -0.3 is 15.4 Å². The summed E-state index contributed by atoms with van der Waals surface area (Å²) in [4.78, 5) is 23.1. The first-order valence-corrected chi connectivity index (χ1v) is 7.20. The summed E-state index contributed by atoms with van der Waals surface area (Å²) in [6.07, 6.45) is 0.193. The van der Waals surface area contributed by atoms with Crippen molar-refractivity contribution in [3.8, 4) is 0 Å². The minimum Gasteiger partial charge on any atom is -0.444 e. The van der Waals surface area contributed by atoms with E-state index in [1.807, 2.05) is 0 Å². The molecule has 0 unspecified atom stereocenters. The van der Waals surface area contributed by atoms with Crippen LogP contribution in [0.2, 0.25) is 0 Å². The van der Waals surface area contributed by atoms with E-state index in [9.17, 15) is 14.0 Å². The lowest BCUT2D eigenvalue weighted by molar-refractivity contribution is -0.116. The highest BCUT2D eigenvalue weighted by Gasteiger charge is 2.15. The standard InChI is InChI=1S/C16H23FN2O3/c1-11-7-8-12(10-13(11)17)19-14(20)6-5-9-18-15(21)22-16(2,3)4/h7-8,10H,5-6,9H2,1-4H3,(H,18,21)(H,19,20). The van der Waals surface area contributed by atoms with Crippen LogP contribution in [-0.2, 0) is 9.53 Å². The van der Waals surface area contributed by atoms with Crippen LogP contribution in [0.15, 0.2) is 18.2 Å². The van der Waals surface area contributed by atoms with Crippen LogP contribution in [0.4, 0.5) is 14.9 Å². The molecule has 1 rings (SSSR count). The van der Waals surface area contributed by atoms with Crippen LogP contribution in [0.1, 0.15) is 39.2 Å². The van der Waals surface area contributed by atoms with Gasteiger partial charge in [0.25, 0.3) is 0 Å². The maximum absolute atomic E-state index is 13.3. The fourth-order valence-electron chi connectivity index (χ4n) is 1.65. The number of benzene rings is 1. The van der Waals surface area contributed by atoms with Crippen molar-refractivity contribution >= 4 is 17.7 Å². The van der Waals surface area contributed by atoms with E-state index in [0.29, 0.717) is 24.2 Å². The van der Waals surface area contributed by atoms with Crippen LogP contribution in [0.5, 0.6) is 0 Å². The van der Waals surface area contributed by atoms with Crippen molar-refractivity contribution in [3.05, 3.63) is 29.6 Å². The molecule has 0 radical (unpaired) electrons. The minimum absolute atomic E-state index is 0.227. The zero-order valence-electron chi connectivity index (χ0n) is 13.5. The molecule has 1 aromatic rings. The van der Waals surface area contributed by atoms with E-state index in [-0.39, 0.29) is 18.1 Å². The van der Waals surface area contributed by atoms with Gasteiger partial charge in [-0.1, -0.05) is 6.07 Å². The SMILES string of the molecule is Cc1ccc(NC(=O)CCCNC(=O)OC(C)(C)C)cc1F. The molecule has 0 aliphatic carbocycles. The Bertz CT molecular complexity index is 539. The number of carbonyl (C=O) groups excluding carboxylic acids is 2. The van der Waals surface area contributed by atoms with E-state index in [1.54, 1.807) is 39.8 Å². The van der Waals surface area contributed by atoms with E-state index >= 15 is 0 Å². The number of hydrogen-bond acceptors (Lipinski definition) is 3. The molecule has 22 heavy (non-hydrogen) atoms. The fraction of sp³-hybridized carbons (Fsp3) is 0.500. The van der Waals surface area contributed by atoms with Gasteiger partial charge in [0.1, 0.15) is 11.4 Å². The maximum atomic E-state index is 13.3. The first kappa shape index (κ1) is 17.9. The third-order valence-corrected chi connectivity index (χ3v) is 2.70. The number of nitrogens with one attached hydrogen (secondary N) is 2. The smallest absolute Gasteiger partial charge is 0.407 e. The van der Waals surface area contributed by atoms with Crippen molar-refractivity contribution in [1.29, 1.82) is 0 Å². The summed E-state index contributed by atoms with van der Waals surface area (Å²) >= 11 is 0. The minimum atomic E-state index is -0.545. The van der Waals surface area contributed by atoms with Crippen molar-refractivity contribution in [2.24, 2.45) is 0 Å². The molecule has 0 bridgehead atoms. The third kappa shape index (κ3) is 7.06. The zero-order chi connectivity index (χ0) is 16.8. The number of halogens is 1. The van der Waals surface area contributed by atoms with E-state index in [1.165, 1.54) is 6.07 Å². The second-order valence-electron chi connectivity index (χ2n) is 6.04. The molecule has 0 atom stereocenters. The highest BCUT2D eigenvalue weighted by Crippen LogP contribution is 2.13. The van der Waals surface area contributed by atoms with Crippen molar-refractivity contribution in [2.45, 2.75) is 46.1 Å². The third-order valence-electron chi connectivity index (χ3n) is 2.70. The van der Waals surface area contributed by atoms with Gasteiger partial charge >= 0.3 is 6.09 Å². The molecule has 0 spiro atoms. The predicted octanol–water partition coefficient (Wildman–Crippen LogP) is 3.38. The van der Waals surface area contributed by atoms with Gasteiger partial charge in [-0.25, -0.2) is 9.18 Å². The summed E-state index contributed by atoms with van der Waals surface area (Å²) in [6, 6.07) is 4.54. The van der Waals surface area contributed by atoms with E-state index in [0.717, 1.165) is 0 Å². The van der Waals surface area contributed by atoms with Crippen LogP contribution < -0.4 is 10.6 Å². The van der Waals surface area contributed by atoms with Gasteiger partial charge in [-0.15, -0.1) is 0 Å². The van der Waals surface area contributed by atoms with Gasteiger partial charge in [0.2, 0.25) is 5.91 Å². The lowest BCUT2D eigenvalue weighted by Crippen LogP contribution is -2.33. The molecule has 122 valence electrons. The molecule has 0 saturated heterocycles. The number of ether oxygens (including phenoxy) is 1. The summed E-state index contributed by atoms with van der Waals surface area (Å²) in [5.74, 6) is -0.585. The summed E-state index contributed by atoms with van der Waals surface area (Å²) in [5.41, 5.74) is 0.407. The molecule has 0 aliphatic heterocycles. The Hall–Kier alpha value is -2.11. The Morgan fingerprint density at radius 1 is 1.27 bits per heavy atom. The Labute approximate surface area is 130 Å². The van der Waals surface area contributed by atoms with Crippen LogP contribution in [0, 0.1) is 12.7 Å². The normalized spacial score (nSPS) is 11.0. The molecular weight excluding hydrogens is 287 g/mol. The number of carbonyl (C=O) groups is 2. The largest absolute Gasteiger partial charge is 0.444 e. The zero-order valence-corrected chi connectivity index (χ0v) is 13.5. The average molecular weight is 310 g/mol. The van der Waals surface area contributed by atoms with E-state index in [4.69, 9.17) is 4.74 Å². The summed E-state index contributed by atoms with van der Waals surface area (Å²) in [6.45, 7) is 7.33. The van der Waals surface area contributed by atoms with E-state index < -0.39 is 11.7 Å². The maximum Gasteiger partial charge on any atom is 0.407 e. The van der Waals surface area contributed by atoms with Crippen LogP contribution in [0.3, 0.4) is 0 Å². The van der Waals surface area contributed by atoms with Crippen LogP contribution in [-0.4, -0.2) is 24.1 Å². The number of alkyl carbamates (subject to hydrolysis) is 1. The first-order valence-electron chi connectivity index (χ1n) is 7.20. The molecular formula is C16H23FN2O3. The number of anilines is 1. The fourth-order valence-corrected chi connectivity index (χ4v) is 1.65. The van der Waals surface area contributed by atoms with Gasteiger partial charge in [0.05, 0.1) is 0 Å². The van der Waals surface area contributed by atoms with Crippen molar-refractivity contribution in [1.82, 2.24) is 5.32 Å². The monoisotopic (exact) mass is 310 g/mol. The Kier molecular flexibility index (Phi) is 6.34. The lowest BCUT2D eigenvalue weighted by atomic mass is 10.2. The molecule has 0 aromatic heterocycles. The molecule has 0 aliphatic rings. The van der Waals surface area contributed by atoms with Gasteiger partial charge in [-0.05, 0) is 51.8 Å². The molecule has 0 heterocycles. The van der Waals surface area contributed by atoms with Crippen molar-refractivity contribution in [2.75, 3.05) is 11.9 Å². The van der Waals surface area contributed by atoms with Gasteiger partial charge in [0.15, 0.2) is 0 Å². The Balaban J connectivity index is 2.26. The highest BCUT2D eigenvalue weighted by molar-refractivity contribution is 5.90. The van der Waals surface area contributed by atoms with Crippen LogP contribution >= 0.6 is 0 Å². The number of amides is 2. The molecule has 6 heteroatoms. The highest BCUT2D eigenvalue weighted by atomic mass is 19.1. The number of hydrogen-bond donors (Lipinski definition) is 2. The Morgan fingerprint density at radius 2 is 1.95 bits per heavy atom. The summed E-state index contributed by atoms with van der Waals surface area (Å²) < 4.78 is 18.4. The molecule has 0 saturated carbocycles. The van der Waals surface area contributed by atoms with Gasteiger partial charge in [0, 0.05) is 18.7 Å². The van der Waals surface area contributed by atoms with E-state index in [2.05, 4.69) is 10.6 Å². The predicted molar refractivity (Wildman–Crippen MR) is 83.2 cm³/mol. The Morgan fingerprint density at radius 3 is 2.55 bits per heavy atom. The topological polar surface area (TPSA) is 67.4 Å². The van der Waals surface area contributed by atoms with Gasteiger partial charge in [-0.2, -0.15) is 0 Å². The second kappa shape index (κ2) is 7.77.